The predicted octanol–water partition coefficient (Wildman–Crippen LogP) is 5.85. The molecule has 2 amide bonds. The van der Waals surface area contributed by atoms with Gasteiger partial charge >= 0.3 is 0 Å². The highest BCUT2D eigenvalue weighted by Crippen LogP contribution is 2.30. The summed E-state index contributed by atoms with van der Waals surface area (Å²) in [6.07, 6.45) is 1.60. The summed E-state index contributed by atoms with van der Waals surface area (Å²) in [5.74, 6) is -0.986. The van der Waals surface area contributed by atoms with Gasteiger partial charge in [0.15, 0.2) is 5.11 Å². The molecule has 4 rings (SSSR count). The molecule has 3 aromatic rings. The fourth-order valence-electron chi connectivity index (χ4n) is 4.04. The topological polar surface area (TPSA) is 54.3 Å². The molecule has 0 saturated carbocycles. The number of aryl methyl sites for hydroxylation is 3. The first-order chi connectivity index (χ1) is 15.6. The van der Waals surface area contributed by atoms with Gasteiger partial charge in [-0.25, -0.2) is 0 Å². The molecule has 1 fully saturated rings. The average Bonchev–Trinajstić information content (AvgIpc) is 3.02. The molecule has 0 atom stereocenters. The lowest BCUT2D eigenvalue weighted by Crippen LogP contribution is -2.54. The first-order valence-electron chi connectivity index (χ1n) is 10.2. The van der Waals surface area contributed by atoms with Crippen LogP contribution in [-0.4, -0.2) is 21.5 Å². The maximum Gasteiger partial charge on any atom is 0.270 e. The van der Waals surface area contributed by atoms with E-state index < -0.39 is 11.8 Å². The number of benzene rings is 2. The number of nitrogens with zero attached hydrogens (tertiary/aromatic N) is 2. The Morgan fingerprint density at radius 2 is 1.67 bits per heavy atom. The molecule has 1 aliphatic rings. The molecule has 2 heterocycles. The SMILES string of the molecule is Cc1ccc(N2C(=O)/C(=C\c3cc(C)n(-c4ccc(Cl)c(Cl)c4)c3C)C(=O)NC2=S)c(C)c1. The van der Waals surface area contributed by atoms with E-state index in [1.54, 1.807) is 18.2 Å². The smallest absolute Gasteiger partial charge is 0.270 e. The molecule has 1 aliphatic heterocycles. The Kier molecular flexibility index (Phi) is 6.18. The minimum atomic E-state index is -0.523. The Hall–Kier alpha value is -2.93. The van der Waals surface area contributed by atoms with E-state index >= 15 is 0 Å². The fraction of sp³-hybridized carbons (Fsp3) is 0.160. The largest absolute Gasteiger partial charge is 0.318 e. The first kappa shape index (κ1) is 23.2. The number of carbonyl (C=O) groups is 2. The number of hydrogen-bond acceptors (Lipinski definition) is 3. The van der Waals surface area contributed by atoms with E-state index in [4.69, 9.17) is 35.4 Å². The Bertz CT molecular complexity index is 1370. The van der Waals surface area contributed by atoms with Crippen LogP contribution in [0.1, 0.15) is 28.1 Å². The zero-order valence-electron chi connectivity index (χ0n) is 18.5. The quantitative estimate of drug-likeness (QED) is 0.280. The summed E-state index contributed by atoms with van der Waals surface area (Å²) in [5, 5.41) is 3.63. The van der Waals surface area contributed by atoms with Crippen LogP contribution >= 0.6 is 35.4 Å². The molecule has 0 aliphatic carbocycles. The van der Waals surface area contributed by atoms with Gasteiger partial charge in [0.1, 0.15) is 5.57 Å². The van der Waals surface area contributed by atoms with Gasteiger partial charge in [0, 0.05) is 17.1 Å². The van der Waals surface area contributed by atoms with Crippen LogP contribution in [0.4, 0.5) is 5.69 Å². The molecule has 8 heteroatoms. The van der Waals surface area contributed by atoms with Gasteiger partial charge in [-0.15, -0.1) is 0 Å². The van der Waals surface area contributed by atoms with E-state index in [0.717, 1.165) is 33.8 Å². The van der Waals surface area contributed by atoms with Crippen molar-refractivity contribution in [3.05, 3.63) is 86.2 Å². The summed E-state index contributed by atoms with van der Waals surface area (Å²) in [4.78, 5) is 27.5. The number of hydrogen-bond donors (Lipinski definition) is 1. The predicted molar refractivity (Wildman–Crippen MR) is 137 cm³/mol. The number of anilines is 1. The molecule has 5 nitrogen and oxygen atoms in total. The van der Waals surface area contributed by atoms with Gasteiger partial charge < -0.3 is 4.57 Å². The van der Waals surface area contributed by atoms with Gasteiger partial charge in [-0.2, -0.15) is 0 Å². The molecule has 2 aromatic carbocycles. The second kappa shape index (κ2) is 8.78. The van der Waals surface area contributed by atoms with Crippen LogP contribution in [0.15, 0.2) is 48.0 Å². The Morgan fingerprint density at radius 3 is 2.33 bits per heavy atom. The van der Waals surface area contributed by atoms with Crippen LogP contribution in [0.25, 0.3) is 11.8 Å². The Labute approximate surface area is 207 Å². The van der Waals surface area contributed by atoms with Crippen molar-refractivity contribution in [3.63, 3.8) is 0 Å². The van der Waals surface area contributed by atoms with Gasteiger partial charge in [0.2, 0.25) is 0 Å². The summed E-state index contributed by atoms with van der Waals surface area (Å²) in [6.45, 7) is 7.74. The van der Waals surface area contributed by atoms with Crippen LogP contribution in [0, 0.1) is 27.7 Å². The molecule has 1 saturated heterocycles. The second-order valence-electron chi connectivity index (χ2n) is 8.01. The Morgan fingerprint density at radius 1 is 0.939 bits per heavy atom. The van der Waals surface area contributed by atoms with E-state index in [1.165, 1.54) is 4.90 Å². The van der Waals surface area contributed by atoms with Gasteiger partial charge in [0.25, 0.3) is 11.8 Å². The molecule has 33 heavy (non-hydrogen) atoms. The third kappa shape index (κ3) is 4.22. The second-order valence-corrected chi connectivity index (χ2v) is 9.21. The van der Waals surface area contributed by atoms with Crippen molar-refractivity contribution < 1.29 is 9.59 Å². The number of carbonyl (C=O) groups excluding carboxylic acids is 2. The maximum absolute atomic E-state index is 13.4. The fourth-order valence-corrected chi connectivity index (χ4v) is 4.61. The maximum atomic E-state index is 13.4. The lowest BCUT2D eigenvalue weighted by Gasteiger charge is -2.30. The van der Waals surface area contributed by atoms with Gasteiger partial charge in [-0.1, -0.05) is 40.9 Å². The van der Waals surface area contributed by atoms with E-state index in [-0.39, 0.29) is 10.7 Å². The van der Waals surface area contributed by atoms with Crippen LogP contribution < -0.4 is 10.2 Å². The van der Waals surface area contributed by atoms with E-state index in [0.29, 0.717) is 15.7 Å². The van der Waals surface area contributed by atoms with Crippen molar-refractivity contribution in [1.82, 2.24) is 9.88 Å². The van der Waals surface area contributed by atoms with E-state index in [9.17, 15) is 9.59 Å². The van der Waals surface area contributed by atoms with Gasteiger partial charge in [-0.3, -0.25) is 19.8 Å². The van der Waals surface area contributed by atoms with Crippen molar-refractivity contribution >= 4 is 64.1 Å². The highest BCUT2D eigenvalue weighted by atomic mass is 35.5. The highest BCUT2D eigenvalue weighted by molar-refractivity contribution is 7.80. The third-order valence-corrected chi connectivity index (χ3v) is 6.65. The summed E-state index contributed by atoms with van der Waals surface area (Å²) in [7, 11) is 0. The summed E-state index contributed by atoms with van der Waals surface area (Å²) >= 11 is 17.6. The summed E-state index contributed by atoms with van der Waals surface area (Å²) in [6, 6.07) is 13.0. The molecule has 0 unspecified atom stereocenters. The third-order valence-electron chi connectivity index (χ3n) is 5.63. The normalized spacial score (nSPS) is 15.4. The number of rotatable bonds is 3. The zero-order chi connectivity index (χ0) is 24.0. The average molecular weight is 498 g/mol. The number of thiocarbonyl (C=S) groups is 1. The molecule has 0 bridgehead atoms. The summed E-state index contributed by atoms with van der Waals surface area (Å²) in [5.41, 5.74) is 5.96. The lowest BCUT2D eigenvalue weighted by molar-refractivity contribution is -0.122. The minimum absolute atomic E-state index is 0.0120. The van der Waals surface area contributed by atoms with Gasteiger partial charge in [-0.05, 0) is 87.4 Å². The summed E-state index contributed by atoms with van der Waals surface area (Å²) < 4.78 is 1.99. The van der Waals surface area contributed by atoms with Crippen LogP contribution in [0.2, 0.25) is 10.0 Å². The minimum Gasteiger partial charge on any atom is -0.318 e. The van der Waals surface area contributed by atoms with Crippen molar-refractivity contribution in [2.75, 3.05) is 4.90 Å². The first-order valence-corrected chi connectivity index (χ1v) is 11.4. The van der Waals surface area contributed by atoms with Crippen molar-refractivity contribution in [1.29, 1.82) is 0 Å². The molecule has 0 spiro atoms. The number of aromatic nitrogens is 1. The van der Waals surface area contributed by atoms with Crippen LogP contribution in [0.5, 0.6) is 0 Å². The van der Waals surface area contributed by atoms with Crippen molar-refractivity contribution in [3.8, 4) is 5.69 Å². The molecule has 168 valence electrons. The van der Waals surface area contributed by atoms with Crippen LogP contribution in [0.3, 0.4) is 0 Å². The monoisotopic (exact) mass is 497 g/mol. The molecular weight excluding hydrogens is 477 g/mol. The number of nitrogens with one attached hydrogen (secondary N) is 1. The van der Waals surface area contributed by atoms with E-state index in [2.05, 4.69) is 5.32 Å². The highest BCUT2D eigenvalue weighted by Gasteiger charge is 2.35. The molecule has 1 N–H and O–H groups in total. The molecule has 1 aromatic heterocycles. The zero-order valence-corrected chi connectivity index (χ0v) is 20.8. The van der Waals surface area contributed by atoms with Crippen molar-refractivity contribution in [2.45, 2.75) is 27.7 Å². The standard InChI is InChI=1S/C25H21Cl2N3O2S/c1-13-5-8-22(14(2)9-13)30-24(32)19(23(31)28-25(30)33)11-17-10-15(3)29(16(17)4)18-6-7-20(26)21(27)12-18/h5-12H,1-4H3,(H,28,31,33)/b19-11-. The number of halogens is 2. The number of amides is 2. The van der Waals surface area contributed by atoms with E-state index in [1.807, 2.05) is 62.6 Å². The molecular formula is C25H21Cl2N3O2S. The van der Waals surface area contributed by atoms with Gasteiger partial charge in [0.05, 0.1) is 15.7 Å². The van der Waals surface area contributed by atoms with Crippen molar-refractivity contribution in [2.24, 2.45) is 0 Å². The lowest BCUT2D eigenvalue weighted by atomic mass is 10.0. The molecule has 0 radical (unpaired) electrons. The van der Waals surface area contributed by atoms with Crippen LogP contribution in [-0.2, 0) is 9.59 Å². The Balaban J connectivity index is 1.78.